The lowest BCUT2D eigenvalue weighted by atomic mass is 10.1. The van der Waals surface area contributed by atoms with Crippen LogP contribution in [0.25, 0.3) is 0 Å². The summed E-state index contributed by atoms with van der Waals surface area (Å²) in [6.45, 7) is 0. The van der Waals surface area contributed by atoms with Gasteiger partial charge in [0.2, 0.25) is 0 Å². The fourth-order valence-corrected chi connectivity index (χ4v) is 1.31. The number of carboxylic acids is 1. The second kappa shape index (κ2) is 4.39. The van der Waals surface area contributed by atoms with E-state index in [9.17, 15) is 18.4 Å². The zero-order valence-electron chi connectivity index (χ0n) is 7.26. The van der Waals surface area contributed by atoms with Gasteiger partial charge in [0.25, 0.3) is 12.0 Å². The molecule has 1 aromatic heterocycles. The van der Waals surface area contributed by atoms with Crippen molar-refractivity contribution in [2.75, 3.05) is 0 Å². The van der Waals surface area contributed by atoms with Crippen LogP contribution < -0.4 is 5.56 Å². The molecule has 0 unspecified atom stereocenters. The molecule has 0 saturated carbocycles. The minimum absolute atomic E-state index is 0.345. The fourth-order valence-electron chi connectivity index (χ4n) is 1.08. The molecule has 0 bridgehead atoms. The SMILES string of the molecule is O=C(O)Cc1c(C(F)F)c[nH]c(=O)c1Cl. The van der Waals surface area contributed by atoms with Crippen molar-refractivity contribution in [3.05, 3.63) is 32.7 Å². The molecule has 0 aliphatic carbocycles. The van der Waals surface area contributed by atoms with Crippen LogP contribution in [0, 0.1) is 0 Å². The molecule has 1 heterocycles. The van der Waals surface area contributed by atoms with Crippen molar-refractivity contribution in [2.45, 2.75) is 12.8 Å². The lowest BCUT2D eigenvalue weighted by Crippen LogP contribution is -2.14. The summed E-state index contributed by atoms with van der Waals surface area (Å²) in [5.41, 5.74) is -1.69. The fraction of sp³-hybridized carbons (Fsp3) is 0.250. The Kier molecular flexibility index (Phi) is 3.41. The molecule has 0 saturated heterocycles. The molecule has 1 aromatic rings. The summed E-state index contributed by atoms with van der Waals surface area (Å²) in [7, 11) is 0. The van der Waals surface area contributed by atoms with Crippen LogP contribution in [0.15, 0.2) is 11.0 Å². The minimum atomic E-state index is -2.88. The van der Waals surface area contributed by atoms with E-state index in [1.165, 1.54) is 0 Å². The Morgan fingerprint density at radius 2 is 2.20 bits per heavy atom. The van der Waals surface area contributed by atoms with E-state index < -0.39 is 35.0 Å². The number of H-pyrrole nitrogens is 1. The van der Waals surface area contributed by atoms with Gasteiger partial charge < -0.3 is 10.1 Å². The molecule has 0 atom stereocenters. The lowest BCUT2D eigenvalue weighted by Gasteiger charge is -2.07. The number of aromatic amines is 1. The zero-order valence-corrected chi connectivity index (χ0v) is 8.02. The van der Waals surface area contributed by atoms with Gasteiger partial charge in [0.1, 0.15) is 5.02 Å². The summed E-state index contributed by atoms with van der Waals surface area (Å²) in [4.78, 5) is 23.4. The Balaban J connectivity index is 3.34. The number of nitrogens with one attached hydrogen (secondary N) is 1. The third-order valence-corrected chi connectivity index (χ3v) is 2.13. The first kappa shape index (κ1) is 11.6. The van der Waals surface area contributed by atoms with E-state index in [1.807, 2.05) is 4.98 Å². The second-order valence-corrected chi connectivity index (χ2v) is 3.11. The average molecular weight is 238 g/mol. The monoisotopic (exact) mass is 237 g/mol. The molecule has 0 amide bonds. The maximum atomic E-state index is 12.4. The number of halogens is 3. The molecular weight excluding hydrogens is 232 g/mol. The van der Waals surface area contributed by atoms with Gasteiger partial charge in [0.05, 0.1) is 6.42 Å². The van der Waals surface area contributed by atoms with Crippen LogP contribution in [0.3, 0.4) is 0 Å². The van der Waals surface area contributed by atoms with Gasteiger partial charge in [0.15, 0.2) is 0 Å². The molecule has 1 rings (SSSR count). The lowest BCUT2D eigenvalue weighted by molar-refractivity contribution is -0.136. The number of hydrogen-bond acceptors (Lipinski definition) is 2. The van der Waals surface area contributed by atoms with Crippen molar-refractivity contribution >= 4 is 17.6 Å². The second-order valence-electron chi connectivity index (χ2n) is 2.74. The molecule has 0 radical (unpaired) electrons. The van der Waals surface area contributed by atoms with Gasteiger partial charge >= 0.3 is 5.97 Å². The number of pyridine rings is 1. The van der Waals surface area contributed by atoms with Gasteiger partial charge in [0, 0.05) is 11.8 Å². The van der Waals surface area contributed by atoms with Gasteiger partial charge in [-0.05, 0) is 5.56 Å². The summed E-state index contributed by atoms with van der Waals surface area (Å²) < 4.78 is 24.8. The average Bonchev–Trinajstić information content (AvgIpc) is 2.12. The van der Waals surface area contributed by atoms with Crippen molar-refractivity contribution in [2.24, 2.45) is 0 Å². The highest BCUT2D eigenvalue weighted by atomic mass is 35.5. The first-order valence-electron chi connectivity index (χ1n) is 3.83. The van der Waals surface area contributed by atoms with Crippen molar-refractivity contribution in [1.82, 2.24) is 4.98 Å². The van der Waals surface area contributed by atoms with Gasteiger partial charge in [-0.2, -0.15) is 0 Å². The molecule has 0 spiro atoms. The molecule has 0 aliphatic rings. The Morgan fingerprint density at radius 1 is 1.60 bits per heavy atom. The Bertz CT molecular complexity index is 444. The Labute approximate surface area is 87.5 Å². The molecule has 7 heteroatoms. The van der Waals surface area contributed by atoms with E-state index in [1.54, 1.807) is 0 Å². The van der Waals surface area contributed by atoms with E-state index in [2.05, 4.69) is 0 Å². The van der Waals surface area contributed by atoms with Crippen molar-refractivity contribution in [3.8, 4) is 0 Å². The van der Waals surface area contributed by atoms with Crippen LogP contribution >= 0.6 is 11.6 Å². The number of rotatable bonds is 3. The molecule has 15 heavy (non-hydrogen) atoms. The Hall–Kier alpha value is -1.43. The van der Waals surface area contributed by atoms with Gasteiger partial charge in [-0.1, -0.05) is 11.6 Å². The number of aliphatic carboxylic acids is 1. The smallest absolute Gasteiger partial charge is 0.307 e. The standard InChI is InChI=1S/C8H6ClF2NO3/c9-6-3(1-5(13)14)4(7(10)11)2-12-8(6)15/h2,7H,1H2,(H,12,15)(H,13,14). The van der Waals surface area contributed by atoms with Crippen LogP contribution in [0.2, 0.25) is 5.02 Å². The van der Waals surface area contributed by atoms with Crippen molar-refractivity contribution in [1.29, 1.82) is 0 Å². The van der Waals surface area contributed by atoms with E-state index in [0.717, 1.165) is 6.20 Å². The Morgan fingerprint density at radius 3 is 2.67 bits per heavy atom. The van der Waals surface area contributed by atoms with E-state index in [4.69, 9.17) is 16.7 Å². The number of carbonyl (C=O) groups is 1. The molecule has 0 aromatic carbocycles. The van der Waals surface area contributed by atoms with Gasteiger partial charge in [-0.15, -0.1) is 0 Å². The highest BCUT2D eigenvalue weighted by Crippen LogP contribution is 2.25. The summed E-state index contributed by atoms with van der Waals surface area (Å²) in [5.74, 6) is -1.33. The quantitative estimate of drug-likeness (QED) is 0.839. The molecule has 4 nitrogen and oxygen atoms in total. The van der Waals surface area contributed by atoms with Crippen molar-refractivity contribution in [3.63, 3.8) is 0 Å². The third kappa shape index (κ3) is 2.53. The highest BCUT2D eigenvalue weighted by molar-refractivity contribution is 6.31. The summed E-state index contributed by atoms with van der Waals surface area (Å²) in [5, 5.41) is 7.97. The third-order valence-electron chi connectivity index (χ3n) is 1.73. The highest BCUT2D eigenvalue weighted by Gasteiger charge is 2.19. The van der Waals surface area contributed by atoms with Crippen LogP contribution in [0.1, 0.15) is 17.6 Å². The topological polar surface area (TPSA) is 70.2 Å². The number of aromatic nitrogens is 1. The maximum absolute atomic E-state index is 12.4. The maximum Gasteiger partial charge on any atom is 0.307 e. The first-order chi connectivity index (χ1) is 6.93. The minimum Gasteiger partial charge on any atom is -0.481 e. The normalized spacial score (nSPS) is 10.7. The number of hydrogen-bond donors (Lipinski definition) is 2. The summed E-state index contributed by atoms with van der Waals surface area (Å²) in [6, 6.07) is 0. The van der Waals surface area contributed by atoms with Crippen LogP contribution in [0.4, 0.5) is 8.78 Å². The zero-order chi connectivity index (χ0) is 11.6. The molecule has 0 aliphatic heterocycles. The summed E-state index contributed by atoms with van der Waals surface area (Å²) in [6.07, 6.45) is -2.81. The van der Waals surface area contributed by atoms with E-state index in [0.29, 0.717) is 0 Å². The summed E-state index contributed by atoms with van der Waals surface area (Å²) >= 11 is 5.45. The van der Waals surface area contributed by atoms with Gasteiger partial charge in [-0.3, -0.25) is 9.59 Å². The number of alkyl halides is 2. The van der Waals surface area contributed by atoms with Crippen molar-refractivity contribution < 1.29 is 18.7 Å². The van der Waals surface area contributed by atoms with Crippen LogP contribution in [-0.4, -0.2) is 16.1 Å². The number of carboxylic acid groups (broad SMARTS) is 1. The van der Waals surface area contributed by atoms with Gasteiger partial charge in [-0.25, -0.2) is 8.78 Å². The molecule has 0 fully saturated rings. The molecule has 82 valence electrons. The predicted molar refractivity (Wildman–Crippen MR) is 48.4 cm³/mol. The molecule has 2 N–H and O–H groups in total. The van der Waals surface area contributed by atoms with E-state index >= 15 is 0 Å². The van der Waals surface area contributed by atoms with Crippen LogP contribution in [-0.2, 0) is 11.2 Å². The largest absolute Gasteiger partial charge is 0.481 e. The van der Waals surface area contributed by atoms with Crippen LogP contribution in [0.5, 0.6) is 0 Å². The predicted octanol–water partition coefficient (Wildman–Crippen LogP) is 1.59. The molecular formula is C8H6ClF2NO3. The van der Waals surface area contributed by atoms with E-state index in [-0.39, 0.29) is 5.56 Å². The first-order valence-corrected chi connectivity index (χ1v) is 4.21.